The van der Waals surface area contributed by atoms with Gasteiger partial charge in [0, 0.05) is 36.8 Å². The van der Waals surface area contributed by atoms with Crippen LogP contribution in [0.3, 0.4) is 0 Å². The van der Waals surface area contributed by atoms with E-state index in [-0.39, 0.29) is 15.3 Å². The largest absolute Gasteiger partial charge is 0.400 e. The standard InChI is InChI=1S/C11H10FN3S2.C5H10.C4H9NO.CH4O/c12-11-8-6-17(16)5-7(8)1-2-9(11)14-10-3-4-13-15-10;1-2-4-5-3-1;1-2-3-5-4-6;1-2/h1-4H,5-6H2,(H2,13,14,15);1-5H2;4H,2-3H2,1H3,(H,5,6);2H,1H3. The Bertz CT molecular complexity index is 746. The Balaban J connectivity index is 0.000000286. The Kier molecular flexibility index (Phi) is 13.9. The second-order valence-electron chi connectivity index (χ2n) is 6.73. The van der Waals surface area contributed by atoms with Crippen LogP contribution in [0.15, 0.2) is 24.4 Å². The molecule has 2 heterocycles. The Morgan fingerprint density at radius 1 is 1.20 bits per heavy atom. The van der Waals surface area contributed by atoms with Crippen molar-refractivity contribution < 1.29 is 14.3 Å². The number of aromatic nitrogens is 2. The SMILES string of the molecule is C1CCCC1.CCCNC=O.CO.Fc1c(Nc2ccn[nH]2)ccc2c1CS(=S)C2. The molecule has 1 atom stereocenters. The quantitative estimate of drug-likeness (QED) is 0.402. The van der Waals surface area contributed by atoms with E-state index in [4.69, 9.17) is 16.3 Å². The normalized spacial score (nSPS) is 15.9. The summed E-state index contributed by atoms with van der Waals surface area (Å²) in [7, 11) is 0.869. The predicted octanol–water partition coefficient (Wildman–Crippen LogP) is 4.09. The molecule has 1 aliphatic heterocycles. The molecular formula is C21H33FN4O2S2. The molecule has 6 nitrogen and oxygen atoms in total. The fraction of sp³-hybridized carbons (Fsp3) is 0.524. The fourth-order valence-electron chi connectivity index (χ4n) is 2.99. The van der Waals surface area contributed by atoms with Crippen molar-refractivity contribution >= 4 is 38.6 Å². The van der Waals surface area contributed by atoms with Crippen LogP contribution in [0.5, 0.6) is 0 Å². The number of H-pyrrole nitrogens is 1. The maximum absolute atomic E-state index is 14.2. The van der Waals surface area contributed by atoms with Crippen molar-refractivity contribution in [3.63, 3.8) is 0 Å². The number of hydrogen-bond acceptors (Lipinski definition) is 5. The maximum atomic E-state index is 14.2. The molecule has 0 saturated heterocycles. The smallest absolute Gasteiger partial charge is 0.207 e. The van der Waals surface area contributed by atoms with Crippen LogP contribution in [0, 0.1) is 5.82 Å². The van der Waals surface area contributed by atoms with E-state index >= 15 is 0 Å². The molecule has 4 rings (SSSR count). The van der Waals surface area contributed by atoms with Crippen molar-refractivity contribution in [3.05, 3.63) is 41.3 Å². The molecule has 1 aromatic heterocycles. The molecule has 0 radical (unpaired) electrons. The number of nitrogens with zero attached hydrogens (tertiary/aromatic N) is 1. The van der Waals surface area contributed by atoms with Crippen LogP contribution in [-0.4, -0.2) is 35.4 Å². The van der Waals surface area contributed by atoms with E-state index in [0.29, 0.717) is 23.7 Å². The molecule has 168 valence electrons. The lowest BCUT2D eigenvalue weighted by molar-refractivity contribution is -0.109. The van der Waals surface area contributed by atoms with Crippen molar-refractivity contribution in [2.45, 2.75) is 57.0 Å². The van der Waals surface area contributed by atoms with Crippen LogP contribution in [0.25, 0.3) is 0 Å². The van der Waals surface area contributed by atoms with Gasteiger partial charge in [-0.3, -0.25) is 9.89 Å². The summed E-state index contributed by atoms with van der Waals surface area (Å²) < 4.78 is 14.2. The summed E-state index contributed by atoms with van der Waals surface area (Å²) in [5, 5.41) is 19.0. The third-order valence-corrected chi connectivity index (χ3v) is 6.41. The number of carbonyl (C=O) groups is 1. The number of fused-ring (bicyclic) bond motifs is 1. The van der Waals surface area contributed by atoms with E-state index in [1.165, 1.54) is 32.1 Å². The third-order valence-electron chi connectivity index (χ3n) is 4.46. The number of aromatic amines is 1. The Morgan fingerprint density at radius 2 is 1.87 bits per heavy atom. The Morgan fingerprint density at radius 3 is 2.37 bits per heavy atom. The number of halogens is 1. The minimum atomic E-state index is -0.183. The molecule has 1 aliphatic carbocycles. The number of carbonyl (C=O) groups excluding carboxylic acids is 1. The van der Waals surface area contributed by atoms with E-state index in [0.717, 1.165) is 37.0 Å². The number of nitrogens with one attached hydrogen (secondary N) is 3. The number of anilines is 2. The summed E-state index contributed by atoms with van der Waals surface area (Å²) in [6.45, 7) is 2.81. The second-order valence-corrected chi connectivity index (χ2v) is 9.60. The van der Waals surface area contributed by atoms with Crippen molar-refractivity contribution in [1.82, 2.24) is 15.5 Å². The first kappa shape index (κ1) is 26.2. The van der Waals surface area contributed by atoms with Gasteiger partial charge in [-0.25, -0.2) is 4.39 Å². The fourth-order valence-corrected chi connectivity index (χ4v) is 5.08. The third kappa shape index (κ3) is 9.32. The molecule has 30 heavy (non-hydrogen) atoms. The van der Waals surface area contributed by atoms with Crippen LogP contribution < -0.4 is 10.6 Å². The van der Waals surface area contributed by atoms with E-state index in [1.54, 1.807) is 18.3 Å². The molecule has 1 saturated carbocycles. The predicted molar refractivity (Wildman–Crippen MR) is 126 cm³/mol. The van der Waals surface area contributed by atoms with Crippen LogP contribution in [0.4, 0.5) is 15.9 Å². The van der Waals surface area contributed by atoms with E-state index < -0.39 is 0 Å². The molecule has 0 bridgehead atoms. The van der Waals surface area contributed by atoms with Crippen molar-refractivity contribution in [1.29, 1.82) is 0 Å². The van der Waals surface area contributed by atoms with Gasteiger partial charge in [-0.05, 0) is 18.1 Å². The summed E-state index contributed by atoms with van der Waals surface area (Å²) in [6.07, 6.45) is 10.8. The van der Waals surface area contributed by atoms with Gasteiger partial charge in [0.1, 0.15) is 5.82 Å². The number of aliphatic hydroxyl groups is 1. The highest BCUT2D eigenvalue weighted by Crippen LogP contribution is 2.30. The number of hydrogen-bond donors (Lipinski definition) is 4. The van der Waals surface area contributed by atoms with Gasteiger partial charge < -0.3 is 15.7 Å². The van der Waals surface area contributed by atoms with Gasteiger partial charge in [0.25, 0.3) is 0 Å². The van der Waals surface area contributed by atoms with Gasteiger partial charge in [0.05, 0.1) is 11.9 Å². The van der Waals surface area contributed by atoms with Gasteiger partial charge in [0.15, 0.2) is 5.82 Å². The van der Waals surface area contributed by atoms with E-state index in [2.05, 4.69) is 20.8 Å². The molecule has 1 unspecified atom stereocenters. The second kappa shape index (κ2) is 15.9. The van der Waals surface area contributed by atoms with Crippen LogP contribution >= 0.6 is 0 Å². The monoisotopic (exact) mass is 456 g/mol. The first-order valence-corrected chi connectivity index (χ1v) is 12.7. The summed E-state index contributed by atoms with van der Waals surface area (Å²) in [6, 6.07) is 5.47. The van der Waals surface area contributed by atoms with Crippen molar-refractivity contribution in [3.8, 4) is 0 Å². The lowest BCUT2D eigenvalue weighted by Crippen LogP contribution is -2.10. The highest BCUT2D eigenvalue weighted by Gasteiger charge is 2.20. The van der Waals surface area contributed by atoms with Crippen LogP contribution in [0.1, 0.15) is 56.6 Å². The Hall–Kier alpha value is -1.84. The molecular weight excluding hydrogens is 423 g/mol. The number of rotatable bonds is 5. The van der Waals surface area contributed by atoms with E-state index in [1.807, 2.05) is 13.0 Å². The van der Waals surface area contributed by atoms with Gasteiger partial charge in [-0.1, -0.05) is 56.3 Å². The minimum Gasteiger partial charge on any atom is -0.400 e. The highest BCUT2D eigenvalue weighted by molar-refractivity contribution is 8.28. The lowest BCUT2D eigenvalue weighted by atomic mass is 10.1. The van der Waals surface area contributed by atoms with Gasteiger partial charge in [-0.2, -0.15) is 5.10 Å². The summed E-state index contributed by atoms with van der Waals surface area (Å²) in [5.41, 5.74) is 2.30. The number of aliphatic hydroxyl groups excluding tert-OH is 1. The van der Waals surface area contributed by atoms with E-state index in [9.17, 15) is 9.18 Å². The first-order valence-electron chi connectivity index (χ1n) is 10.2. The average molecular weight is 457 g/mol. The van der Waals surface area contributed by atoms with Gasteiger partial charge >= 0.3 is 0 Å². The van der Waals surface area contributed by atoms with Crippen molar-refractivity contribution in [2.75, 3.05) is 19.0 Å². The first-order chi connectivity index (χ1) is 14.7. The molecule has 1 fully saturated rings. The number of amides is 1. The molecule has 2 aliphatic rings. The zero-order valence-electron chi connectivity index (χ0n) is 17.7. The van der Waals surface area contributed by atoms with Gasteiger partial charge in [0.2, 0.25) is 6.41 Å². The van der Waals surface area contributed by atoms with Crippen LogP contribution in [-0.2, 0) is 36.9 Å². The lowest BCUT2D eigenvalue weighted by Gasteiger charge is -2.08. The zero-order chi connectivity index (χ0) is 22.2. The zero-order valence-corrected chi connectivity index (χ0v) is 19.4. The average Bonchev–Trinajstić information content (AvgIpc) is 3.54. The molecule has 1 amide bonds. The topological polar surface area (TPSA) is 90.0 Å². The van der Waals surface area contributed by atoms with Gasteiger partial charge in [-0.15, -0.1) is 9.45 Å². The molecule has 2 aromatic rings. The van der Waals surface area contributed by atoms with Crippen molar-refractivity contribution in [2.24, 2.45) is 0 Å². The minimum absolute atomic E-state index is 0.131. The molecule has 4 N–H and O–H groups in total. The van der Waals surface area contributed by atoms with Crippen LogP contribution in [0.2, 0.25) is 0 Å². The molecule has 1 aromatic carbocycles. The number of benzene rings is 1. The summed E-state index contributed by atoms with van der Waals surface area (Å²) in [4.78, 5) is 9.45. The highest BCUT2D eigenvalue weighted by atomic mass is 32.8. The summed E-state index contributed by atoms with van der Waals surface area (Å²) in [5.74, 6) is 2.00. The molecule has 9 heteroatoms. The molecule has 0 spiro atoms. The Labute approximate surface area is 185 Å². The summed E-state index contributed by atoms with van der Waals surface area (Å²) >= 11 is 5.25. The maximum Gasteiger partial charge on any atom is 0.207 e.